The maximum absolute atomic E-state index is 13.6. The van der Waals surface area contributed by atoms with E-state index in [0.29, 0.717) is 17.9 Å². The number of nitrogens with two attached hydrogens (primary N) is 1. The Bertz CT molecular complexity index is 405. The van der Waals surface area contributed by atoms with Crippen molar-refractivity contribution in [2.45, 2.75) is 44.6 Å². The molecule has 0 bridgehead atoms. The molecule has 1 fully saturated rings. The van der Waals surface area contributed by atoms with Crippen LogP contribution in [0.1, 0.15) is 38.2 Å². The average Bonchev–Trinajstić information content (AvgIpc) is 2.29. The fourth-order valence-corrected chi connectivity index (χ4v) is 2.74. The molecule has 0 spiro atoms. The van der Waals surface area contributed by atoms with Crippen molar-refractivity contribution in [3.63, 3.8) is 0 Å². The van der Waals surface area contributed by atoms with Crippen LogP contribution in [0.3, 0.4) is 0 Å². The van der Waals surface area contributed by atoms with Crippen LogP contribution in [0.25, 0.3) is 0 Å². The summed E-state index contributed by atoms with van der Waals surface area (Å²) in [5.41, 5.74) is 6.39. The van der Waals surface area contributed by atoms with E-state index in [2.05, 4.69) is 6.92 Å². The lowest BCUT2D eigenvalue weighted by Crippen LogP contribution is -2.50. The van der Waals surface area contributed by atoms with Crippen LogP contribution in [0.2, 0.25) is 0 Å². The SMILES string of the molecule is CC1CCCCC1(N)Cc1cccc(F)c1F. The molecule has 0 saturated heterocycles. The van der Waals surface area contributed by atoms with Crippen molar-refractivity contribution < 1.29 is 8.78 Å². The topological polar surface area (TPSA) is 26.0 Å². The smallest absolute Gasteiger partial charge is 0.162 e. The summed E-state index contributed by atoms with van der Waals surface area (Å²) < 4.78 is 26.8. The highest BCUT2D eigenvalue weighted by atomic mass is 19.2. The summed E-state index contributed by atoms with van der Waals surface area (Å²) >= 11 is 0. The fraction of sp³-hybridized carbons (Fsp3) is 0.571. The van der Waals surface area contributed by atoms with E-state index in [4.69, 9.17) is 5.73 Å². The Morgan fingerprint density at radius 2 is 2.12 bits per heavy atom. The first-order valence-electron chi connectivity index (χ1n) is 6.25. The Morgan fingerprint density at radius 3 is 2.82 bits per heavy atom. The summed E-state index contributed by atoms with van der Waals surface area (Å²) in [6.07, 6.45) is 4.67. The normalized spacial score (nSPS) is 29.3. The van der Waals surface area contributed by atoms with Gasteiger partial charge >= 0.3 is 0 Å². The summed E-state index contributed by atoms with van der Waals surface area (Å²) in [4.78, 5) is 0. The second kappa shape index (κ2) is 4.73. The first-order valence-corrected chi connectivity index (χ1v) is 6.25. The maximum atomic E-state index is 13.6. The third kappa shape index (κ3) is 2.49. The molecule has 2 rings (SSSR count). The largest absolute Gasteiger partial charge is 0.325 e. The van der Waals surface area contributed by atoms with E-state index in [1.54, 1.807) is 12.1 Å². The van der Waals surface area contributed by atoms with Crippen LogP contribution in [-0.2, 0) is 6.42 Å². The summed E-state index contributed by atoms with van der Waals surface area (Å²) in [6, 6.07) is 4.32. The van der Waals surface area contributed by atoms with Crippen LogP contribution < -0.4 is 5.73 Å². The molecule has 1 aromatic carbocycles. The molecule has 0 amide bonds. The van der Waals surface area contributed by atoms with Gasteiger partial charge in [0.15, 0.2) is 11.6 Å². The average molecular weight is 239 g/mol. The zero-order valence-corrected chi connectivity index (χ0v) is 10.2. The van der Waals surface area contributed by atoms with Gasteiger partial charge in [-0.05, 0) is 36.8 Å². The third-order valence-corrected chi connectivity index (χ3v) is 4.06. The van der Waals surface area contributed by atoms with Crippen molar-refractivity contribution >= 4 is 0 Å². The molecule has 3 heteroatoms. The van der Waals surface area contributed by atoms with E-state index in [9.17, 15) is 8.78 Å². The van der Waals surface area contributed by atoms with Gasteiger partial charge in [-0.2, -0.15) is 0 Å². The van der Waals surface area contributed by atoms with Gasteiger partial charge in [-0.3, -0.25) is 0 Å². The minimum atomic E-state index is -0.783. The first-order chi connectivity index (χ1) is 8.03. The second-order valence-corrected chi connectivity index (χ2v) is 5.27. The molecule has 94 valence electrons. The quantitative estimate of drug-likeness (QED) is 0.840. The van der Waals surface area contributed by atoms with Gasteiger partial charge in [0.25, 0.3) is 0 Å². The number of hydrogen-bond donors (Lipinski definition) is 1. The second-order valence-electron chi connectivity index (χ2n) is 5.27. The van der Waals surface area contributed by atoms with Crippen molar-refractivity contribution in [2.75, 3.05) is 0 Å². The Hall–Kier alpha value is -0.960. The molecule has 0 radical (unpaired) electrons. The van der Waals surface area contributed by atoms with Crippen molar-refractivity contribution in [3.8, 4) is 0 Å². The zero-order chi connectivity index (χ0) is 12.5. The number of hydrogen-bond acceptors (Lipinski definition) is 1. The van der Waals surface area contributed by atoms with Gasteiger partial charge in [-0.1, -0.05) is 31.9 Å². The minimum absolute atomic E-state index is 0.360. The number of rotatable bonds is 2. The van der Waals surface area contributed by atoms with Crippen LogP contribution in [0, 0.1) is 17.6 Å². The molecule has 2 atom stereocenters. The Labute approximate surface area is 101 Å². The van der Waals surface area contributed by atoms with E-state index in [1.165, 1.54) is 6.42 Å². The Balaban J connectivity index is 2.22. The van der Waals surface area contributed by atoms with Crippen LogP contribution in [0.5, 0.6) is 0 Å². The molecule has 1 saturated carbocycles. The predicted molar refractivity (Wildman–Crippen MR) is 64.6 cm³/mol. The molecule has 1 aliphatic carbocycles. The van der Waals surface area contributed by atoms with Gasteiger partial charge in [0.05, 0.1) is 0 Å². The van der Waals surface area contributed by atoms with E-state index >= 15 is 0 Å². The van der Waals surface area contributed by atoms with E-state index < -0.39 is 11.6 Å². The monoisotopic (exact) mass is 239 g/mol. The molecular weight excluding hydrogens is 220 g/mol. The minimum Gasteiger partial charge on any atom is -0.325 e. The van der Waals surface area contributed by atoms with Gasteiger partial charge in [-0.15, -0.1) is 0 Å². The molecule has 0 heterocycles. The highest BCUT2D eigenvalue weighted by Gasteiger charge is 2.35. The molecule has 2 unspecified atom stereocenters. The molecule has 0 aliphatic heterocycles. The number of halogens is 2. The van der Waals surface area contributed by atoms with Crippen molar-refractivity contribution in [1.29, 1.82) is 0 Å². The van der Waals surface area contributed by atoms with Crippen LogP contribution in [-0.4, -0.2) is 5.54 Å². The van der Waals surface area contributed by atoms with Gasteiger partial charge < -0.3 is 5.73 Å². The van der Waals surface area contributed by atoms with Crippen molar-refractivity contribution in [1.82, 2.24) is 0 Å². The number of benzene rings is 1. The maximum Gasteiger partial charge on any atom is 0.162 e. The van der Waals surface area contributed by atoms with Crippen molar-refractivity contribution in [3.05, 3.63) is 35.4 Å². The lowest BCUT2D eigenvalue weighted by Gasteiger charge is -2.39. The Kier molecular flexibility index (Phi) is 3.48. The summed E-state index contributed by atoms with van der Waals surface area (Å²) in [7, 11) is 0. The van der Waals surface area contributed by atoms with E-state index in [-0.39, 0.29) is 5.54 Å². The predicted octanol–water partition coefficient (Wildman–Crippen LogP) is 3.41. The molecule has 0 aromatic heterocycles. The summed E-state index contributed by atoms with van der Waals surface area (Å²) in [5.74, 6) is -1.16. The zero-order valence-electron chi connectivity index (χ0n) is 10.2. The molecule has 2 N–H and O–H groups in total. The van der Waals surface area contributed by atoms with Gasteiger partial charge in [0.2, 0.25) is 0 Å². The molecule has 1 aromatic rings. The Morgan fingerprint density at radius 1 is 1.35 bits per heavy atom. The van der Waals surface area contributed by atoms with Crippen LogP contribution in [0.4, 0.5) is 8.78 Å². The van der Waals surface area contributed by atoms with E-state index in [0.717, 1.165) is 25.3 Å². The van der Waals surface area contributed by atoms with Gasteiger partial charge in [-0.25, -0.2) is 8.78 Å². The summed E-state index contributed by atoms with van der Waals surface area (Å²) in [6.45, 7) is 2.11. The van der Waals surface area contributed by atoms with Crippen molar-refractivity contribution in [2.24, 2.45) is 11.7 Å². The summed E-state index contributed by atoms with van der Waals surface area (Å²) in [5, 5.41) is 0. The van der Waals surface area contributed by atoms with E-state index in [1.807, 2.05) is 0 Å². The molecule has 1 aliphatic rings. The highest BCUT2D eigenvalue weighted by Crippen LogP contribution is 2.34. The van der Waals surface area contributed by atoms with Crippen LogP contribution >= 0.6 is 0 Å². The molecule has 17 heavy (non-hydrogen) atoms. The standard InChI is InChI=1S/C14H19F2N/c1-10-5-2-3-8-14(10,17)9-11-6-4-7-12(15)13(11)16/h4,6-7,10H,2-3,5,8-9,17H2,1H3. The fourth-order valence-electron chi connectivity index (χ4n) is 2.74. The molecular formula is C14H19F2N. The lowest BCUT2D eigenvalue weighted by molar-refractivity contribution is 0.202. The lowest BCUT2D eigenvalue weighted by atomic mass is 9.71. The first kappa shape index (κ1) is 12.5. The van der Waals surface area contributed by atoms with Gasteiger partial charge in [0, 0.05) is 5.54 Å². The van der Waals surface area contributed by atoms with Crippen LogP contribution in [0.15, 0.2) is 18.2 Å². The molecule has 1 nitrogen and oxygen atoms in total. The third-order valence-electron chi connectivity index (χ3n) is 4.06. The van der Waals surface area contributed by atoms with Gasteiger partial charge in [0.1, 0.15) is 0 Å². The highest BCUT2D eigenvalue weighted by molar-refractivity contribution is 5.22.